The van der Waals surface area contributed by atoms with Crippen molar-refractivity contribution >= 4 is 45.9 Å². The molecule has 2 rings (SSSR count). The lowest BCUT2D eigenvalue weighted by molar-refractivity contribution is -0.384. The highest BCUT2D eigenvalue weighted by Crippen LogP contribution is 2.24. The van der Waals surface area contributed by atoms with Gasteiger partial charge in [-0.15, -0.1) is 0 Å². The van der Waals surface area contributed by atoms with Crippen molar-refractivity contribution in [2.45, 2.75) is 13.8 Å². The smallest absolute Gasteiger partial charge is 0.332 e. The van der Waals surface area contributed by atoms with E-state index >= 15 is 0 Å². The summed E-state index contributed by atoms with van der Waals surface area (Å²) in [4.78, 5) is 37.2. The van der Waals surface area contributed by atoms with Gasteiger partial charge in [0, 0.05) is 19.1 Å². The van der Waals surface area contributed by atoms with Crippen LogP contribution in [0.25, 0.3) is 6.08 Å². The van der Waals surface area contributed by atoms with Gasteiger partial charge < -0.3 is 5.73 Å². The van der Waals surface area contributed by atoms with Crippen LogP contribution in [0, 0.1) is 17.0 Å². The number of carbonyl (C=O) groups excluding carboxylic acids is 2. The molecule has 11 nitrogen and oxygen atoms in total. The Labute approximate surface area is 163 Å². The van der Waals surface area contributed by atoms with Crippen molar-refractivity contribution in [3.63, 3.8) is 0 Å². The number of allylic oxidation sites excluding steroid dienone is 1. The van der Waals surface area contributed by atoms with Crippen LogP contribution in [0.3, 0.4) is 0 Å². The van der Waals surface area contributed by atoms with Crippen LogP contribution in [0.15, 0.2) is 35.4 Å². The lowest BCUT2D eigenvalue weighted by Crippen LogP contribution is -2.26. The summed E-state index contributed by atoms with van der Waals surface area (Å²) in [5.74, 6) is -0.281. The molecular formula is C16H17N7O4S. The molecule has 0 aliphatic rings. The number of amides is 3. The number of benzene rings is 1. The van der Waals surface area contributed by atoms with E-state index in [1.807, 2.05) is 0 Å². The normalized spacial score (nSPS) is 11.3. The lowest BCUT2D eigenvalue weighted by Gasteiger charge is -2.01. The zero-order chi connectivity index (χ0) is 20.7. The summed E-state index contributed by atoms with van der Waals surface area (Å²) in [6.45, 7) is 3.09. The lowest BCUT2D eigenvalue weighted by atomic mass is 10.1. The van der Waals surface area contributed by atoms with E-state index in [4.69, 9.17) is 5.73 Å². The first-order chi connectivity index (χ1) is 13.3. The van der Waals surface area contributed by atoms with Crippen LogP contribution in [0.2, 0.25) is 0 Å². The third-order valence-corrected chi connectivity index (χ3v) is 4.29. The second-order valence-corrected chi connectivity index (χ2v) is 6.39. The van der Waals surface area contributed by atoms with Crippen molar-refractivity contribution in [1.82, 2.24) is 15.8 Å². The molecule has 146 valence electrons. The molecule has 0 fully saturated rings. The van der Waals surface area contributed by atoms with Gasteiger partial charge in [0.2, 0.25) is 11.0 Å². The summed E-state index contributed by atoms with van der Waals surface area (Å²) in [7, 11) is 0. The van der Waals surface area contributed by atoms with E-state index in [2.05, 4.69) is 26.4 Å². The third-order valence-electron chi connectivity index (χ3n) is 3.20. The molecule has 0 aliphatic carbocycles. The van der Waals surface area contributed by atoms with E-state index in [1.54, 1.807) is 31.2 Å². The number of rotatable bonds is 7. The van der Waals surface area contributed by atoms with Crippen LogP contribution < -0.4 is 22.0 Å². The summed E-state index contributed by atoms with van der Waals surface area (Å²) in [6, 6.07) is 5.09. The molecule has 0 radical (unpaired) electrons. The van der Waals surface area contributed by atoms with Crippen LogP contribution in [0.4, 0.5) is 15.6 Å². The minimum atomic E-state index is -0.833. The van der Waals surface area contributed by atoms with Gasteiger partial charge in [0.1, 0.15) is 5.71 Å². The fourth-order valence-electron chi connectivity index (χ4n) is 1.99. The number of urea groups is 1. The number of nitro groups is 1. The van der Waals surface area contributed by atoms with Crippen molar-refractivity contribution in [3.05, 3.63) is 56.6 Å². The van der Waals surface area contributed by atoms with Crippen LogP contribution in [-0.2, 0) is 4.79 Å². The average Bonchev–Trinajstić information content (AvgIpc) is 3.01. The molecule has 0 saturated heterocycles. The number of thiazole rings is 1. The Bertz CT molecular complexity index is 950. The van der Waals surface area contributed by atoms with E-state index in [1.165, 1.54) is 30.4 Å². The number of hydrazine groups is 1. The van der Waals surface area contributed by atoms with E-state index in [9.17, 15) is 19.7 Å². The van der Waals surface area contributed by atoms with Crippen LogP contribution in [0.5, 0.6) is 0 Å². The Balaban J connectivity index is 2.29. The Kier molecular flexibility index (Phi) is 6.76. The predicted molar refractivity (Wildman–Crippen MR) is 106 cm³/mol. The van der Waals surface area contributed by atoms with E-state index < -0.39 is 11.0 Å². The summed E-state index contributed by atoms with van der Waals surface area (Å²) in [6.07, 6.45) is 3.28. The highest BCUT2D eigenvalue weighted by Gasteiger charge is 2.13. The molecule has 1 aromatic heterocycles. The number of primary amides is 1. The zero-order valence-electron chi connectivity index (χ0n) is 14.9. The first-order valence-electron chi connectivity index (χ1n) is 7.82. The van der Waals surface area contributed by atoms with E-state index in [-0.39, 0.29) is 11.6 Å². The zero-order valence-corrected chi connectivity index (χ0v) is 15.7. The molecule has 12 heteroatoms. The van der Waals surface area contributed by atoms with Gasteiger partial charge in [0.05, 0.1) is 15.5 Å². The standard InChI is InChI=1S/C16H17N7O4S/c1-9-14(28-16(18-9)22-19-10(2)24)13(20-21-15(17)25)8-5-11-3-6-12(7-4-11)23(26)27/h3-8H,1-2H3,(H,18,22)(H,19,24)(H3,17,21,25)/b8-5+,20-13+. The minimum Gasteiger partial charge on any atom is -0.350 e. The number of hydrogen-bond acceptors (Lipinski definition) is 8. The summed E-state index contributed by atoms with van der Waals surface area (Å²) < 4.78 is 0. The second kappa shape index (κ2) is 9.23. The Morgan fingerprint density at radius 3 is 2.57 bits per heavy atom. The molecule has 0 saturated carbocycles. The fourth-order valence-corrected chi connectivity index (χ4v) is 2.88. The molecule has 2 aromatic rings. The first kappa shape index (κ1) is 20.5. The number of hydrogen-bond donors (Lipinski definition) is 4. The first-order valence-corrected chi connectivity index (χ1v) is 8.64. The molecule has 28 heavy (non-hydrogen) atoms. The highest BCUT2D eigenvalue weighted by atomic mass is 32.1. The number of aromatic nitrogens is 1. The van der Waals surface area contributed by atoms with Gasteiger partial charge in [0.25, 0.3) is 5.69 Å². The maximum atomic E-state index is 11.0. The molecule has 0 atom stereocenters. The van der Waals surface area contributed by atoms with Crippen LogP contribution in [0.1, 0.15) is 23.1 Å². The fraction of sp³-hybridized carbons (Fsp3) is 0.125. The number of non-ortho nitro benzene ring substituents is 1. The van der Waals surface area contributed by atoms with Gasteiger partial charge in [-0.2, -0.15) is 5.10 Å². The van der Waals surface area contributed by atoms with Gasteiger partial charge in [-0.1, -0.05) is 17.4 Å². The summed E-state index contributed by atoms with van der Waals surface area (Å²) in [5.41, 5.74) is 14.0. The maximum Gasteiger partial charge on any atom is 0.332 e. The Morgan fingerprint density at radius 1 is 1.32 bits per heavy atom. The molecule has 0 aliphatic heterocycles. The van der Waals surface area contributed by atoms with Gasteiger partial charge in [-0.3, -0.25) is 25.8 Å². The van der Waals surface area contributed by atoms with Crippen molar-refractivity contribution in [2.24, 2.45) is 10.8 Å². The van der Waals surface area contributed by atoms with E-state index in [0.717, 1.165) is 0 Å². The number of hydrazone groups is 1. The molecule has 0 bridgehead atoms. The monoisotopic (exact) mass is 403 g/mol. The van der Waals surface area contributed by atoms with Crippen LogP contribution in [-0.4, -0.2) is 27.6 Å². The molecule has 1 heterocycles. The summed E-state index contributed by atoms with van der Waals surface area (Å²) in [5, 5.41) is 15.1. The van der Waals surface area contributed by atoms with Crippen LogP contribution >= 0.6 is 11.3 Å². The number of nitrogens with zero attached hydrogens (tertiary/aromatic N) is 3. The molecule has 5 N–H and O–H groups in total. The molecule has 0 unspecified atom stereocenters. The molecule has 1 aromatic carbocycles. The predicted octanol–water partition coefficient (Wildman–Crippen LogP) is 1.91. The number of nitrogens with two attached hydrogens (primary N) is 1. The van der Waals surface area contributed by atoms with Gasteiger partial charge in [-0.05, 0) is 30.7 Å². The Morgan fingerprint density at radius 2 is 2.00 bits per heavy atom. The molecular weight excluding hydrogens is 386 g/mol. The SMILES string of the molecule is CC(=O)NNc1nc(C)c(C(/C=C/c2ccc([N+](=O)[O-])cc2)=N/NC(N)=O)s1. The van der Waals surface area contributed by atoms with Crippen molar-refractivity contribution in [1.29, 1.82) is 0 Å². The quantitative estimate of drug-likeness (QED) is 0.313. The molecule has 0 spiro atoms. The van der Waals surface area contributed by atoms with Crippen molar-refractivity contribution in [2.75, 3.05) is 5.43 Å². The number of nitro benzene ring substituents is 1. The van der Waals surface area contributed by atoms with Gasteiger partial charge in [-0.25, -0.2) is 15.2 Å². The third kappa shape index (κ3) is 5.88. The second-order valence-electron chi connectivity index (χ2n) is 5.39. The number of nitrogens with one attached hydrogen (secondary N) is 3. The van der Waals surface area contributed by atoms with Gasteiger partial charge >= 0.3 is 6.03 Å². The van der Waals surface area contributed by atoms with Crippen molar-refractivity contribution in [3.8, 4) is 0 Å². The number of carbonyl (C=O) groups is 2. The molecule has 3 amide bonds. The average molecular weight is 403 g/mol. The summed E-state index contributed by atoms with van der Waals surface area (Å²) >= 11 is 1.20. The van der Waals surface area contributed by atoms with Gasteiger partial charge in [0.15, 0.2) is 0 Å². The van der Waals surface area contributed by atoms with Crippen molar-refractivity contribution < 1.29 is 14.5 Å². The highest BCUT2D eigenvalue weighted by molar-refractivity contribution is 7.17. The minimum absolute atomic E-state index is 0.0200. The topological polar surface area (TPSA) is 165 Å². The maximum absolute atomic E-state index is 11.0. The largest absolute Gasteiger partial charge is 0.350 e. The number of aryl methyl sites for hydroxylation is 1. The van der Waals surface area contributed by atoms with E-state index in [0.29, 0.717) is 27.0 Å². The number of anilines is 1. The Hall–Kier alpha value is -3.80.